The first-order valence-corrected chi connectivity index (χ1v) is 7.38. The van der Waals surface area contributed by atoms with Gasteiger partial charge in [-0.2, -0.15) is 0 Å². The molecular weight excluding hydrogens is 296 g/mol. The first-order chi connectivity index (χ1) is 10.7. The molecule has 6 heteroatoms. The third-order valence-corrected chi connectivity index (χ3v) is 3.30. The summed E-state index contributed by atoms with van der Waals surface area (Å²) in [6, 6.07) is 6.68. The molecule has 2 N–H and O–H groups in total. The number of carbonyl (C=O) groups is 2. The van der Waals surface area contributed by atoms with E-state index in [0.29, 0.717) is 6.42 Å². The number of hydrogen-bond acceptors (Lipinski definition) is 5. The van der Waals surface area contributed by atoms with Crippen molar-refractivity contribution >= 4 is 23.0 Å². The molecule has 1 aromatic carbocycles. The minimum Gasteiger partial charge on any atom is -0.468 e. The van der Waals surface area contributed by atoms with Crippen LogP contribution in [-0.4, -0.2) is 35.4 Å². The van der Waals surface area contributed by atoms with Gasteiger partial charge in [-0.25, -0.2) is 4.79 Å². The van der Waals surface area contributed by atoms with E-state index < -0.39 is 23.7 Å². The number of nitrogens with two attached hydrogens (primary N) is 1. The fourth-order valence-corrected chi connectivity index (χ4v) is 2.28. The molecule has 0 aliphatic carbocycles. The Balaban J connectivity index is 2.23. The second-order valence-electron chi connectivity index (χ2n) is 6.39. The third-order valence-electron chi connectivity index (χ3n) is 3.30. The lowest BCUT2D eigenvalue weighted by Gasteiger charge is -2.19. The number of carbonyl (C=O) groups excluding carboxylic acids is 2. The Kier molecular flexibility index (Phi) is 4.75. The number of hydrogen-bond donors (Lipinski definition) is 1. The predicted octanol–water partition coefficient (Wildman–Crippen LogP) is 2.47. The van der Waals surface area contributed by atoms with Gasteiger partial charge in [-0.15, -0.1) is 0 Å². The van der Waals surface area contributed by atoms with Crippen molar-refractivity contribution in [1.29, 1.82) is 0 Å². The average Bonchev–Trinajstić information content (AvgIpc) is 2.87. The van der Waals surface area contributed by atoms with Gasteiger partial charge in [0.25, 0.3) is 0 Å². The lowest BCUT2D eigenvalue weighted by Crippen LogP contribution is -2.33. The molecule has 0 radical (unpaired) electrons. The summed E-state index contributed by atoms with van der Waals surface area (Å²) < 4.78 is 11.5. The van der Waals surface area contributed by atoms with Crippen molar-refractivity contribution in [2.75, 3.05) is 7.11 Å². The number of ether oxygens (including phenoxy) is 2. The van der Waals surface area contributed by atoms with E-state index in [2.05, 4.69) is 4.74 Å². The standard InChI is InChI=1S/C17H22N2O4/c1-17(2,3)23-16(21)19-8-7-12-9-11(5-6-14(12)19)10-13(18)15(20)22-4/h5-9,13H,10,18H2,1-4H3/t13-/m0/s1. The van der Waals surface area contributed by atoms with Gasteiger partial charge >= 0.3 is 12.1 Å². The van der Waals surface area contributed by atoms with Gasteiger partial charge in [0.05, 0.1) is 12.6 Å². The molecule has 0 aliphatic heterocycles. The molecular formula is C17H22N2O4. The zero-order chi connectivity index (χ0) is 17.2. The molecule has 2 aromatic rings. The summed E-state index contributed by atoms with van der Waals surface area (Å²) >= 11 is 0. The van der Waals surface area contributed by atoms with Crippen molar-refractivity contribution in [2.24, 2.45) is 5.73 Å². The lowest BCUT2D eigenvalue weighted by atomic mass is 10.0. The maximum absolute atomic E-state index is 12.2. The molecule has 6 nitrogen and oxygen atoms in total. The zero-order valence-electron chi connectivity index (χ0n) is 13.8. The summed E-state index contributed by atoms with van der Waals surface area (Å²) in [6.07, 6.45) is 1.62. The maximum Gasteiger partial charge on any atom is 0.418 e. The van der Waals surface area contributed by atoms with Crippen LogP contribution in [0.3, 0.4) is 0 Å². The van der Waals surface area contributed by atoms with Gasteiger partial charge < -0.3 is 15.2 Å². The van der Waals surface area contributed by atoms with Crippen molar-refractivity contribution in [1.82, 2.24) is 4.57 Å². The largest absolute Gasteiger partial charge is 0.468 e. The Hall–Kier alpha value is -2.34. The smallest absolute Gasteiger partial charge is 0.418 e. The number of rotatable bonds is 3. The Labute approximate surface area is 135 Å². The summed E-state index contributed by atoms with van der Waals surface area (Å²) in [4.78, 5) is 23.6. The molecule has 0 saturated heterocycles. The molecule has 1 atom stereocenters. The second-order valence-corrected chi connectivity index (χ2v) is 6.39. The quantitative estimate of drug-likeness (QED) is 0.879. The molecule has 0 aliphatic rings. The van der Waals surface area contributed by atoms with Crippen LogP contribution >= 0.6 is 0 Å². The van der Waals surface area contributed by atoms with Gasteiger partial charge in [0, 0.05) is 11.6 Å². The van der Waals surface area contributed by atoms with Gasteiger partial charge in [0.1, 0.15) is 11.6 Å². The minimum absolute atomic E-state index is 0.375. The van der Waals surface area contributed by atoms with Crippen LogP contribution in [0.15, 0.2) is 30.5 Å². The van der Waals surface area contributed by atoms with Crippen LogP contribution < -0.4 is 5.73 Å². The summed E-state index contributed by atoms with van der Waals surface area (Å²) in [5, 5.41) is 0.880. The molecule has 0 spiro atoms. The van der Waals surface area contributed by atoms with E-state index in [1.165, 1.54) is 11.7 Å². The summed E-state index contributed by atoms with van der Waals surface area (Å²) in [6.45, 7) is 5.47. The van der Waals surface area contributed by atoms with Crippen molar-refractivity contribution < 1.29 is 19.1 Å². The normalized spacial score (nSPS) is 12.9. The SMILES string of the molecule is COC(=O)[C@@H](N)Cc1ccc2c(ccn2C(=O)OC(C)(C)C)c1. The number of nitrogens with zero attached hydrogens (tertiary/aromatic N) is 1. The molecule has 2 rings (SSSR count). The first-order valence-electron chi connectivity index (χ1n) is 7.38. The molecule has 0 fully saturated rings. The average molecular weight is 318 g/mol. The Morgan fingerprint density at radius 3 is 2.57 bits per heavy atom. The van der Waals surface area contributed by atoms with E-state index in [1.807, 2.05) is 45.0 Å². The number of aromatic nitrogens is 1. The lowest BCUT2D eigenvalue weighted by molar-refractivity contribution is -0.142. The van der Waals surface area contributed by atoms with Crippen molar-refractivity contribution in [3.8, 4) is 0 Å². The van der Waals surface area contributed by atoms with E-state index in [1.54, 1.807) is 6.20 Å². The second kappa shape index (κ2) is 6.42. The van der Waals surface area contributed by atoms with Crippen LogP contribution in [0.1, 0.15) is 26.3 Å². The molecule has 0 unspecified atom stereocenters. The van der Waals surface area contributed by atoms with Gasteiger partial charge in [0.15, 0.2) is 0 Å². The molecule has 23 heavy (non-hydrogen) atoms. The first kappa shape index (κ1) is 17.0. The van der Waals surface area contributed by atoms with E-state index >= 15 is 0 Å². The minimum atomic E-state index is -0.703. The van der Waals surface area contributed by atoms with E-state index in [4.69, 9.17) is 10.5 Å². The van der Waals surface area contributed by atoms with Gasteiger partial charge in [-0.05, 0) is 51.0 Å². The highest BCUT2D eigenvalue weighted by atomic mass is 16.6. The maximum atomic E-state index is 12.2. The highest BCUT2D eigenvalue weighted by molar-refractivity contribution is 5.90. The molecule has 0 bridgehead atoms. The summed E-state index contributed by atoms with van der Waals surface area (Å²) in [7, 11) is 1.31. The highest BCUT2D eigenvalue weighted by Gasteiger charge is 2.19. The van der Waals surface area contributed by atoms with Gasteiger partial charge in [-0.1, -0.05) is 6.07 Å². The summed E-state index contributed by atoms with van der Waals surface area (Å²) in [5.41, 5.74) is 6.86. The Bertz CT molecular complexity index is 728. The van der Waals surface area contributed by atoms with E-state index in [-0.39, 0.29) is 0 Å². The summed E-state index contributed by atoms with van der Waals surface area (Å²) in [5.74, 6) is -0.448. The monoisotopic (exact) mass is 318 g/mol. The fraction of sp³-hybridized carbons (Fsp3) is 0.412. The van der Waals surface area contributed by atoms with Crippen molar-refractivity contribution in [3.05, 3.63) is 36.0 Å². The van der Waals surface area contributed by atoms with E-state index in [9.17, 15) is 9.59 Å². The Morgan fingerprint density at radius 2 is 1.96 bits per heavy atom. The fourth-order valence-electron chi connectivity index (χ4n) is 2.28. The molecule has 0 saturated carbocycles. The Morgan fingerprint density at radius 1 is 1.26 bits per heavy atom. The molecule has 1 aromatic heterocycles. The van der Waals surface area contributed by atoms with Crippen molar-refractivity contribution in [2.45, 2.75) is 38.8 Å². The van der Waals surface area contributed by atoms with Gasteiger partial charge in [-0.3, -0.25) is 9.36 Å². The van der Waals surface area contributed by atoms with Crippen LogP contribution in [0.5, 0.6) is 0 Å². The third kappa shape index (κ3) is 4.10. The molecule has 0 amide bonds. The highest BCUT2D eigenvalue weighted by Crippen LogP contribution is 2.20. The van der Waals surface area contributed by atoms with Crippen LogP contribution in [0.25, 0.3) is 10.9 Å². The number of fused-ring (bicyclic) bond motifs is 1. The van der Waals surface area contributed by atoms with Crippen LogP contribution in [0.4, 0.5) is 4.79 Å². The van der Waals surface area contributed by atoms with Crippen molar-refractivity contribution in [3.63, 3.8) is 0 Å². The van der Waals surface area contributed by atoms with E-state index in [0.717, 1.165) is 16.5 Å². The zero-order valence-corrected chi connectivity index (χ0v) is 13.8. The molecule has 124 valence electrons. The van der Waals surface area contributed by atoms with Crippen LogP contribution in [0.2, 0.25) is 0 Å². The van der Waals surface area contributed by atoms with Crippen LogP contribution in [-0.2, 0) is 20.7 Å². The number of esters is 1. The van der Waals surface area contributed by atoms with Gasteiger partial charge in [0.2, 0.25) is 0 Å². The number of benzene rings is 1. The number of methoxy groups -OCH3 is 1. The van der Waals surface area contributed by atoms with Crippen LogP contribution in [0, 0.1) is 0 Å². The molecule has 1 heterocycles. The topological polar surface area (TPSA) is 83.5 Å². The predicted molar refractivity (Wildman–Crippen MR) is 87.3 cm³/mol.